The van der Waals surface area contributed by atoms with E-state index in [2.05, 4.69) is 11.6 Å². The topological polar surface area (TPSA) is 72.2 Å². The van der Waals surface area contributed by atoms with Crippen LogP contribution in [0.3, 0.4) is 0 Å². The molecule has 2 aromatic rings. The molecule has 96 valence electrons. The molecule has 0 bridgehead atoms. The maximum Gasteiger partial charge on any atom is 0.463 e. The van der Waals surface area contributed by atoms with Crippen molar-refractivity contribution in [3.63, 3.8) is 0 Å². The summed E-state index contributed by atoms with van der Waals surface area (Å²) >= 11 is 0. The predicted octanol–water partition coefficient (Wildman–Crippen LogP) is 3.11. The highest BCUT2D eigenvalue weighted by Gasteiger charge is 2.27. The molecule has 0 amide bonds. The molecule has 1 N–H and O–H groups in total. The van der Waals surface area contributed by atoms with Crippen LogP contribution in [-0.2, 0) is 4.57 Å². The summed E-state index contributed by atoms with van der Waals surface area (Å²) in [5.41, 5.74) is 1.94. The minimum Gasteiger partial charge on any atom is -0.476 e. The molecular weight excluding hydrogens is 263 g/mol. The number of aromatic carboxylic acids is 1. The normalized spacial score (nSPS) is 11.1. The van der Waals surface area contributed by atoms with Gasteiger partial charge in [0.2, 0.25) is 0 Å². The van der Waals surface area contributed by atoms with Crippen LogP contribution in [0.1, 0.15) is 16.1 Å². The van der Waals surface area contributed by atoms with E-state index in [1.165, 1.54) is 17.1 Å². The number of pyridine rings is 1. The quantitative estimate of drug-likeness (QED) is 0.870. The molecule has 0 aliphatic rings. The molecule has 19 heavy (non-hydrogen) atoms. The second-order valence-electron chi connectivity index (χ2n) is 3.86. The number of hydrogen-bond donors (Lipinski definition) is 1. The van der Waals surface area contributed by atoms with Crippen molar-refractivity contribution in [2.24, 2.45) is 0 Å². The lowest BCUT2D eigenvalue weighted by atomic mass is 10.0. The number of rotatable bonds is 4. The number of hydrogen-bond acceptors (Lipinski definition) is 3. The summed E-state index contributed by atoms with van der Waals surface area (Å²) in [4.78, 5) is 15.3. The number of carbonyl (C=O) groups is 1. The van der Waals surface area contributed by atoms with Gasteiger partial charge in [-0.15, -0.1) is 4.34 Å². The molecule has 5 nitrogen and oxygen atoms in total. The largest absolute Gasteiger partial charge is 0.476 e. The minimum absolute atomic E-state index is 0.00887. The molecule has 0 radical (unpaired) electrons. The Morgan fingerprint density at radius 2 is 2.11 bits per heavy atom. The Morgan fingerprint density at radius 3 is 2.58 bits per heavy atom. The van der Waals surface area contributed by atoms with Gasteiger partial charge in [0.05, 0.1) is 6.20 Å². The van der Waals surface area contributed by atoms with Crippen molar-refractivity contribution in [1.29, 1.82) is 0 Å². The van der Waals surface area contributed by atoms with Gasteiger partial charge in [0.25, 0.3) is 0 Å². The van der Waals surface area contributed by atoms with E-state index in [0.29, 0.717) is 11.1 Å². The Balaban J connectivity index is 2.76. The van der Waals surface area contributed by atoms with Crippen LogP contribution in [-0.4, -0.2) is 27.1 Å². The molecule has 1 atom stereocenters. The first-order valence-electron chi connectivity index (χ1n) is 5.49. The molecule has 0 aromatic carbocycles. The molecule has 0 spiro atoms. The van der Waals surface area contributed by atoms with Gasteiger partial charge in [-0.2, -0.15) is 0 Å². The lowest BCUT2D eigenvalue weighted by molar-refractivity contribution is 0.0689. The third-order valence-corrected chi connectivity index (χ3v) is 3.65. The Bertz CT molecular complexity index is 662. The predicted molar refractivity (Wildman–Crippen MR) is 73.6 cm³/mol. The van der Waals surface area contributed by atoms with Gasteiger partial charge in [-0.25, -0.2) is 4.79 Å². The van der Waals surface area contributed by atoms with Crippen LogP contribution in [0.25, 0.3) is 17.2 Å². The van der Waals surface area contributed by atoms with Crippen molar-refractivity contribution in [2.45, 2.75) is 0 Å². The van der Waals surface area contributed by atoms with Crippen LogP contribution in [0, 0.1) is 0 Å². The standard InChI is InChI=1S/C13H11N2O3P/c1-3-10-11(9-4-6-14-7-5-9)8-15(19(2)18)12(10)13(16)17/h3-8H,1H2,2H3/p+1. The van der Waals surface area contributed by atoms with E-state index in [4.69, 9.17) is 0 Å². The van der Waals surface area contributed by atoms with Crippen LogP contribution in [0.5, 0.6) is 0 Å². The molecule has 2 heterocycles. The van der Waals surface area contributed by atoms with Gasteiger partial charge in [0.15, 0.2) is 12.4 Å². The van der Waals surface area contributed by atoms with Crippen LogP contribution < -0.4 is 0 Å². The zero-order chi connectivity index (χ0) is 14.0. The van der Waals surface area contributed by atoms with Crippen LogP contribution in [0.15, 0.2) is 37.3 Å². The number of carboxylic acids is 1. The van der Waals surface area contributed by atoms with Gasteiger partial charge < -0.3 is 5.11 Å². The first kappa shape index (κ1) is 13.2. The molecular formula is C13H12N2O3P+. The fraction of sp³-hybridized carbons (Fsp3) is 0.0769. The molecule has 0 fully saturated rings. The maximum absolute atomic E-state index is 11.7. The van der Waals surface area contributed by atoms with Gasteiger partial charge in [0.1, 0.15) is 0 Å². The molecule has 0 saturated carbocycles. The van der Waals surface area contributed by atoms with Crippen molar-refractivity contribution in [2.75, 3.05) is 6.66 Å². The fourth-order valence-electron chi connectivity index (χ4n) is 1.91. The van der Waals surface area contributed by atoms with E-state index in [-0.39, 0.29) is 5.69 Å². The average Bonchev–Trinajstić information content (AvgIpc) is 2.79. The molecule has 0 saturated heterocycles. The summed E-state index contributed by atoms with van der Waals surface area (Å²) in [5.74, 6) is -1.12. The average molecular weight is 275 g/mol. The van der Waals surface area contributed by atoms with Gasteiger partial charge in [0, 0.05) is 23.5 Å². The molecule has 2 rings (SSSR count). The van der Waals surface area contributed by atoms with Crippen molar-refractivity contribution >= 4 is 20.0 Å². The number of aromatic nitrogens is 2. The lowest BCUT2D eigenvalue weighted by Crippen LogP contribution is -2.04. The fourth-order valence-corrected chi connectivity index (χ4v) is 2.66. The highest BCUT2D eigenvalue weighted by molar-refractivity contribution is 7.42. The highest BCUT2D eigenvalue weighted by Crippen LogP contribution is 2.34. The molecule has 1 unspecified atom stereocenters. The van der Waals surface area contributed by atoms with Gasteiger partial charge in [-0.05, 0) is 22.3 Å². The van der Waals surface area contributed by atoms with Gasteiger partial charge >= 0.3 is 13.9 Å². The van der Waals surface area contributed by atoms with Crippen LogP contribution in [0.4, 0.5) is 0 Å². The van der Waals surface area contributed by atoms with Crippen molar-refractivity contribution in [1.82, 2.24) is 9.32 Å². The monoisotopic (exact) mass is 275 g/mol. The van der Waals surface area contributed by atoms with Crippen LogP contribution >= 0.6 is 7.95 Å². The Labute approximate surface area is 111 Å². The molecule has 0 aliphatic carbocycles. The Kier molecular flexibility index (Phi) is 3.58. The van der Waals surface area contributed by atoms with E-state index in [9.17, 15) is 14.5 Å². The van der Waals surface area contributed by atoms with Crippen molar-refractivity contribution < 1.29 is 14.5 Å². The summed E-state index contributed by atoms with van der Waals surface area (Å²) in [5, 5.41) is 9.28. The second-order valence-corrected chi connectivity index (χ2v) is 5.22. The first-order valence-corrected chi connectivity index (χ1v) is 7.14. The first-order chi connectivity index (χ1) is 9.06. The minimum atomic E-state index is -1.82. The summed E-state index contributed by atoms with van der Waals surface area (Å²) < 4.78 is 13.0. The van der Waals surface area contributed by atoms with Crippen molar-refractivity contribution in [3.8, 4) is 11.1 Å². The summed E-state index contributed by atoms with van der Waals surface area (Å²) in [7, 11) is -1.82. The Hall–Kier alpha value is -2.26. The molecule has 0 aliphatic heterocycles. The summed E-state index contributed by atoms with van der Waals surface area (Å²) in [6.45, 7) is 5.11. The zero-order valence-electron chi connectivity index (χ0n) is 10.3. The third kappa shape index (κ3) is 2.33. The SMILES string of the molecule is C=Cc1c(-c2ccncc2)cn([P+](C)=O)c1C(=O)O. The summed E-state index contributed by atoms with van der Waals surface area (Å²) in [6, 6.07) is 3.53. The smallest absolute Gasteiger partial charge is 0.463 e. The van der Waals surface area contributed by atoms with E-state index in [0.717, 1.165) is 5.56 Å². The van der Waals surface area contributed by atoms with E-state index in [1.54, 1.807) is 30.7 Å². The van der Waals surface area contributed by atoms with E-state index < -0.39 is 13.9 Å². The van der Waals surface area contributed by atoms with Crippen LogP contribution in [0.2, 0.25) is 0 Å². The molecule has 6 heteroatoms. The second kappa shape index (κ2) is 5.16. The van der Waals surface area contributed by atoms with Gasteiger partial charge in [-0.1, -0.05) is 12.7 Å². The lowest BCUT2D eigenvalue weighted by Gasteiger charge is -1.99. The zero-order valence-corrected chi connectivity index (χ0v) is 11.2. The third-order valence-electron chi connectivity index (χ3n) is 2.73. The Morgan fingerprint density at radius 1 is 1.47 bits per heavy atom. The highest BCUT2D eigenvalue weighted by atomic mass is 31.1. The number of carboxylic acid groups (broad SMARTS) is 1. The van der Waals surface area contributed by atoms with E-state index in [1.807, 2.05) is 0 Å². The number of nitrogens with zero attached hydrogens (tertiary/aromatic N) is 2. The van der Waals surface area contributed by atoms with Crippen molar-refractivity contribution in [3.05, 3.63) is 48.6 Å². The van der Waals surface area contributed by atoms with E-state index >= 15 is 0 Å². The maximum atomic E-state index is 11.7. The summed E-state index contributed by atoms with van der Waals surface area (Å²) in [6.07, 6.45) is 6.28. The van der Waals surface area contributed by atoms with Gasteiger partial charge in [-0.3, -0.25) is 4.98 Å². The molecule has 2 aromatic heterocycles.